The third-order valence-corrected chi connectivity index (χ3v) is 4.75. The number of aromatic nitrogens is 4. The van der Waals surface area contributed by atoms with Crippen LogP contribution < -0.4 is 16.2 Å². The number of rotatable bonds is 6. The molecule has 0 atom stereocenters. The molecule has 9 heteroatoms. The van der Waals surface area contributed by atoms with E-state index in [2.05, 4.69) is 45.1 Å². The molecule has 0 fully saturated rings. The minimum atomic E-state index is -0.428. The summed E-state index contributed by atoms with van der Waals surface area (Å²) in [5.74, 6) is 1.09. The number of urea groups is 1. The van der Waals surface area contributed by atoms with Gasteiger partial charge < -0.3 is 5.32 Å². The van der Waals surface area contributed by atoms with Gasteiger partial charge >= 0.3 is 6.03 Å². The standard InChI is InChI=1S/C20H26ClN7O/c1-11(2)6-7-14-9-15(10-16(21)22-14)23-20(29)26-25-17-8-12(3)18-13(4)27-28(5)19(18)24-17/h8-11H,6-7H2,1-5H3,(H,24,25)(H2,22,23,26,29). The number of aryl methyl sites for hydroxylation is 4. The smallest absolute Gasteiger partial charge is 0.306 e. The summed E-state index contributed by atoms with van der Waals surface area (Å²) >= 11 is 6.09. The predicted molar refractivity (Wildman–Crippen MR) is 116 cm³/mol. The van der Waals surface area contributed by atoms with E-state index in [1.807, 2.05) is 33.0 Å². The third kappa shape index (κ3) is 5.14. The van der Waals surface area contributed by atoms with Crippen LogP contribution in [0.3, 0.4) is 0 Å². The highest BCUT2D eigenvalue weighted by atomic mass is 35.5. The number of hydrazine groups is 1. The van der Waals surface area contributed by atoms with E-state index in [-0.39, 0.29) is 0 Å². The van der Waals surface area contributed by atoms with E-state index in [0.29, 0.717) is 22.6 Å². The summed E-state index contributed by atoms with van der Waals surface area (Å²) in [6.45, 7) is 8.25. The molecule has 3 rings (SSSR count). The Bertz CT molecular complexity index is 1040. The molecule has 0 unspecified atom stereocenters. The van der Waals surface area contributed by atoms with Gasteiger partial charge in [-0.2, -0.15) is 5.10 Å². The van der Waals surface area contributed by atoms with Crippen molar-refractivity contribution in [1.82, 2.24) is 25.2 Å². The second kappa shape index (κ2) is 8.65. The van der Waals surface area contributed by atoms with Crippen LogP contribution in [0.4, 0.5) is 16.3 Å². The zero-order chi connectivity index (χ0) is 21.1. The van der Waals surface area contributed by atoms with Crippen LogP contribution in [-0.4, -0.2) is 25.8 Å². The molecule has 0 radical (unpaired) electrons. The SMILES string of the molecule is Cc1cc(NNC(=O)Nc2cc(Cl)nc(CCC(C)C)c2)nc2c1c(C)nn2C. The van der Waals surface area contributed by atoms with Crippen LogP contribution in [0.1, 0.15) is 37.2 Å². The van der Waals surface area contributed by atoms with Crippen molar-refractivity contribution < 1.29 is 4.79 Å². The van der Waals surface area contributed by atoms with Gasteiger partial charge in [0, 0.05) is 23.8 Å². The zero-order valence-corrected chi connectivity index (χ0v) is 18.1. The fourth-order valence-corrected chi connectivity index (χ4v) is 3.42. The molecule has 0 aliphatic heterocycles. The van der Waals surface area contributed by atoms with Crippen LogP contribution in [-0.2, 0) is 13.5 Å². The van der Waals surface area contributed by atoms with Crippen LogP contribution in [0.2, 0.25) is 5.15 Å². The number of nitrogens with zero attached hydrogens (tertiary/aromatic N) is 4. The first kappa shape index (κ1) is 20.9. The maximum atomic E-state index is 12.3. The van der Waals surface area contributed by atoms with Crippen molar-refractivity contribution in [3.63, 3.8) is 0 Å². The van der Waals surface area contributed by atoms with Gasteiger partial charge in [0.2, 0.25) is 0 Å². The second-order valence-corrected chi connectivity index (χ2v) is 7.93. The summed E-state index contributed by atoms with van der Waals surface area (Å²) in [6.07, 6.45) is 1.81. The zero-order valence-electron chi connectivity index (χ0n) is 17.3. The van der Waals surface area contributed by atoms with Gasteiger partial charge in [0.25, 0.3) is 0 Å². The summed E-state index contributed by atoms with van der Waals surface area (Å²) in [5.41, 5.74) is 9.58. The molecule has 0 spiro atoms. The molecular weight excluding hydrogens is 390 g/mol. The Labute approximate surface area is 175 Å². The monoisotopic (exact) mass is 415 g/mol. The highest BCUT2D eigenvalue weighted by Gasteiger charge is 2.12. The first-order chi connectivity index (χ1) is 13.7. The van der Waals surface area contributed by atoms with E-state index in [4.69, 9.17) is 11.6 Å². The van der Waals surface area contributed by atoms with Gasteiger partial charge in [0.15, 0.2) is 5.65 Å². The Morgan fingerprint density at radius 1 is 1.21 bits per heavy atom. The van der Waals surface area contributed by atoms with Crippen molar-refractivity contribution >= 4 is 40.2 Å². The molecule has 154 valence electrons. The number of fused-ring (bicyclic) bond motifs is 1. The van der Waals surface area contributed by atoms with Crippen LogP contribution in [0.15, 0.2) is 18.2 Å². The van der Waals surface area contributed by atoms with Gasteiger partial charge in [0.05, 0.1) is 5.69 Å². The number of carbonyl (C=O) groups is 1. The number of nitrogens with one attached hydrogen (secondary N) is 3. The fourth-order valence-electron chi connectivity index (χ4n) is 3.19. The number of carbonyl (C=O) groups excluding carboxylic acids is 1. The molecule has 0 saturated carbocycles. The van der Waals surface area contributed by atoms with Crippen LogP contribution in [0, 0.1) is 19.8 Å². The summed E-state index contributed by atoms with van der Waals surface area (Å²) in [6, 6.07) is 4.89. The minimum absolute atomic E-state index is 0.351. The van der Waals surface area contributed by atoms with Gasteiger partial charge in [-0.25, -0.2) is 14.8 Å². The maximum Gasteiger partial charge on any atom is 0.337 e. The summed E-state index contributed by atoms with van der Waals surface area (Å²) < 4.78 is 1.72. The Morgan fingerprint density at radius 2 is 1.97 bits per heavy atom. The number of halogens is 1. The normalized spacial score (nSPS) is 11.1. The molecule has 3 heterocycles. The number of amides is 2. The molecule has 3 aromatic rings. The molecule has 29 heavy (non-hydrogen) atoms. The molecule has 0 aliphatic carbocycles. The van der Waals surface area contributed by atoms with Gasteiger partial charge in [0.1, 0.15) is 11.0 Å². The molecule has 0 saturated heterocycles. The van der Waals surface area contributed by atoms with Crippen molar-refractivity contribution in [1.29, 1.82) is 0 Å². The number of hydrogen-bond donors (Lipinski definition) is 3. The Kier molecular flexibility index (Phi) is 6.22. The highest BCUT2D eigenvalue weighted by Crippen LogP contribution is 2.22. The summed E-state index contributed by atoms with van der Waals surface area (Å²) in [5, 5.41) is 8.53. The van der Waals surface area contributed by atoms with E-state index in [0.717, 1.165) is 40.8 Å². The fraction of sp³-hybridized carbons (Fsp3) is 0.400. The molecule has 2 amide bonds. The van der Waals surface area contributed by atoms with E-state index >= 15 is 0 Å². The van der Waals surface area contributed by atoms with Crippen molar-refractivity contribution in [2.24, 2.45) is 13.0 Å². The molecule has 0 aliphatic rings. The van der Waals surface area contributed by atoms with Crippen LogP contribution >= 0.6 is 11.6 Å². The number of hydrogen-bond acceptors (Lipinski definition) is 5. The van der Waals surface area contributed by atoms with Crippen molar-refractivity contribution in [2.45, 2.75) is 40.5 Å². The van der Waals surface area contributed by atoms with Gasteiger partial charge in [-0.05, 0) is 56.4 Å². The van der Waals surface area contributed by atoms with Gasteiger partial charge in [-0.15, -0.1) is 0 Å². The number of anilines is 2. The Hall–Kier alpha value is -2.87. The predicted octanol–water partition coefficient (Wildman–Crippen LogP) is 4.37. The molecule has 0 bridgehead atoms. The molecule has 3 N–H and O–H groups in total. The average Bonchev–Trinajstić information content (AvgIpc) is 2.92. The molecular formula is C20H26ClN7O. The lowest BCUT2D eigenvalue weighted by Gasteiger charge is -2.12. The lowest BCUT2D eigenvalue weighted by molar-refractivity contribution is 0.254. The lowest BCUT2D eigenvalue weighted by atomic mass is 10.1. The molecule has 3 aromatic heterocycles. The van der Waals surface area contributed by atoms with Crippen LogP contribution in [0.5, 0.6) is 0 Å². The summed E-state index contributed by atoms with van der Waals surface area (Å²) in [4.78, 5) is 21.1. The van der Waals surface area contributed by atoms with E-state index in [1.54, 1.807) is 10.7 Å². The molecule has 8 nitrogen and oxygen atoms in total. The first-order valence-electron chi connectivity index (χ1n) is 9.53. The van der Waals surface area contributed by atoms with Crippen molar-refractivity contribution in [3.05, 3.63) is 40.3 Å². The lowest BCUT2D eigenvalue weighted by Crippen LogP contribution is -2.34. The van der Waals surface area contributed by atoms with Crippen LogP contribution in [0.25, 0.3) is 11.0 Å². The molecule has 0 aromatic carbocycles. The first-order valence-corrected chi connectivity index (χ1v) is 9.91. The second-order valence-electron chi connectivity index (χ2n) is 7.54. The average molecular weight is 416 g/mol. The summed E-state index contributed by atoms with van der Waals surface area (Å²) in [7, 11) is 1.84. The van der Waals surface area contributed by atoms with Crippen molar-refractivity contribution in [3.8, 4) is 0 Å². The van der Waals surface area contributed by atoms with E-state index in [1.165, 1.54) is 0 Å². The van der Waals surface area contributed by atoms with E-state index < -0.39 is 6.03 Å². The maximum absolute atomic E-state index is 12.3. The Balaban J connectivity index is 1.66. The topological polar surface area (TPSA) is 96.8 Å². The largest absolute Gasteiger partial charge is 0.337 e. The van der Waals surface area contributed by atoms with Gasteiger partial charge in [-0.3, -0.25) is 15.5 Å². The quantitative estimate of drug-likeness (QED) is 0.410. The Morgan fingerprint density at radius 3 is 2.69 bits per heavy atom. The van der Waals surface area contributed by atoms with Crippen molar-refractivity contribution in [2.75, 3.05) is 10.7 Å². The van der Waals surface area contributed by atoms with Gasteiger partial charge in [-0.1, -0.05) is 25.4 Å². The highest BCUT2D eigenvalue weighted by molar-refractivity contribution is 6.29. The minimum Gasteiger partial charge on any atom is -0.306 e. The third-order valence-electron chi connectivity index (χ3n) is 4.55. The van der Waals surface area contributed by atoms with E-state index in [9.17, 15) is 4.79 Å². The number of pyridine rings is 2.